The molecular weight excluding hydrogens is 719 g/mol. The summed E-state index contributed by atoms with van der Waals surface area (Å²) in [6, 6.07) is -0.709. The molecule has 3 N–H and O–H groups in total. The summed E-state index contributed by atoms with van der Waals surface area (Å²) in [5.41, 5.74) is 0. The number of amides is 1. The fourth-order valence-corrected chi connectivity index (χ4v) is 7.20. The van der Waals surface area contributed by atoms with Crippen LogP contribution in [0.1, 0.15) is 233 Å². The van der Waals surface area contributed by atoms with E-state index >= 15 is 0 Å². The van der Waals surface area contributed by atoms with Crippen molar-refractivity contribution in [2.24, 2.45) is 0 Å². The highest BCUT2D eigenvalue weighted by atomic mass is 16.5. The van der Waals surface area contributed by atoms with Gasteiger partial charge in [0.05, 0.1) is 25.2 Å². The number of aliphatic hydroxyl groups is 2. The van der Waals surface area contributed by atoms with Gasteiger partial charge in [0.2, 0.25) is 5.91 Å². The highest BCUT2D eigenvalue weighted by Gasteiger charge is 2.24. The van der Waals surface area contributed by atoms with Gasteiger partial charge < -0.3 is 20.3 Å². The van der Waals surface area contributed by atoms with Crippen LogP contribution in [0.25, 0.3) is 0 Å². The zero-order valence-electron chi connectivity index (χ0n) is 38.2. The lowest BCUT2D eigenvalue weighted by molar-refractivity contribution is -0.151. The highest BCUT2D eigenvalue weighted by molar-refractivity contribution is 5.77. The van der Waals surface area contributed by atoms with E-state index < -0.39 is 18.2 Å². The van der Waals surface area contributed by atoms with Gasteiger partial charge in [-0.3, -0.25) is 9.59 Å². The number of nitrogens with one attached hydrogen (secondary N) is 1. The summed E-state index contributed by atoms with van der Waals surface area (Å²) < 4.78 is 5.91. The average molecular weight is 812 g/mol. The molecule has 0 spiro atoms. The second-order valence-corrected chi connectivity index (χ2v) is 16.6. The Kier molecular flexibility index (Phi) is 43.7. The molecule has 0 aromatic carbocycles. The molecule has 0 bridgehead atoms. The molecule has 0 aliphatic carbocycles. The van der Waals surface area contributed by atoms with Crippen molar-refractivity contribution in [1.29, 1.82) is 0 Å². The van der Waals surface area contributed by atoms with Gasteiger partial charge in [0.25, 0.3) is 0 Å². The number of unbranched alkanes of at least 4 members (excludes halogenated alkanes) is 24. The second-order valence-electron chi connectivity index (χ2n) is 16.6. The third-order valence-electron chi connectivity index (χ3n) is 10.9. The lowest BCUT2D eigenvalue weighted by Crippen LogP contribution is -2.46. The summed E-state index contributed by atoms with van der Waals surface area (Å²) >= 11 is 0. The van der Waals surface area contributed by atoms with Crippen molar-refractivity contribution in [3.05, 3.63) is 60.8 Å². The van der Waals surface area contributed by atoms with E-state index in [0.717, 1.165) is 89.9 Å². The summed E-state index contributed by atoms with van der Waals surface area (Å²) in [4.78, 5) is 26.1. The van der Waals surface area contributed by atoms with Crippen molar-refractivity contribution in [1.82, 2.24) is 5.32 Å². The first-order valence-electron chi connectivity index (χ1n) is 24.6. The Hall–Kier alpha value is -2.44. The number of hydrogen-bond acceptors (Lipinski definition) is 5. The topological polar surface area (TPSA) is 95.9 Å². The zero-order valence-corrected chi connectivity index (χ0v) is 38.2. The van der Waals surface area contributed by atoms with Crippen LogP contribution in [0.4, 0.5) is 0 Å². The van der Waals surface area contributed by atoms with Gasteiger partial charge in [-0.2, -0.15) is 0 Å². The normalized spacial score (nSPS) is 13.8. The predicted octanol–water partition coefficient (Wildman–Crippen LogP) is 14.5. The molecule has 0 aromatic rings. The molecule has 3 atom stereocenters. The van der Waals surface area contributed by atoms with E-state index in [1.807, 2.05) is 18.2 Å². The molecule has 0 aliphatic heterocycles. The van der Waals surface area contributed by atoms with Gasteiger partial charge >= 0.3 is 5.97 Å². The van der Waals surface area contributed by atoms with Crippen molar-refractivity contribution < 1.29 is 24.5 Å². The van der Waals surface area contributed by atoms with Crippen LogP contribution in [0.3, 0.4) is 0 Å². The first-order chi connectivity index (χ1) is 28.5. The number of ether oxygens (including phenoxy) is 1. The van der Waals surface area contributed by atoms with Crippen LogP contribution in [-0.2, 0) is 14.3 Å². The number of aliphatic hydroxyl groups excluding tert-OH is 2. The number of carbonyl (C=O) groups excluding carboxylic acids is 2. The minimum Gasteiger partial charge on any atom is -0.462 e. The fourth-order valence-electron chi connectivity index (χ4n) is 7.20. The Bertz CT molecular complexity index is 1050. The number of esters is 1. The van der Waals surface area contributed by atoms with Crippen LogP contribution < -0.4 is 5.32 Å². The SMILES string of the molecule is CC/C=C/C=C/C=C/C=C\CCCCCCCC(=O)OC(CCCCCCC/C=C\CCCCCC)CC(=O)NC(CO)C(O)CCCCCCCCCCCCC. The van der Waals surface area contributed by atoms with Gasteiger partial charge in [-0.25, -0.2) is 0 Å². The van der Waals surface area contributed by atoms with Gasteiger partial charge in [0.1, 0.15) is 6.10 Å². The Morgan fingerprint density at radius 3 is 1.48 bits per heavy atom. The van der Waals surface area contributed by atoms with Crippen LogP contribution in [0, 0.1) is 0 Å². The lowest BCUT2D eigenvalue weighted by Gasteiger charge is -2.24. The van der Waals surface area contributed by atoms with Crippen molar-refractivity contribution in [2.75, 3.05) is 6.61 Å². The third kappa shape index (κ3) is 40.3. The molecule has 0 aliphatic rings. The molecule has 0 heterocycles. The molecule has 0 radical (unpaired) electrons. The lowest BCUT2D eigenvalue weighted by atomic mass is 10.0. The average Bonchev–Trinajstić information content (AvgIpc) is 3.22. The number of rotatable bonds is 43. The summed E-state index contributed by atoms with van der Waals surface area (Å²) in [6.45, 7) is 6.31. The van der Waals surface area contributed by atoms with Crippen LogP contribution in [0.5, 0.6) is 0 Å². The van der Waals surface area contributed by atoms with Crippen LogP contribution >= 0.6 is 0 Å². The van der Waals surface area contributed by atoms with Crippen LogP contribution in [-0.4, -0.2) is 46.9 Å². The quantitative estimate of drug-likeness (QED) is 0.0247. The number of carbonyl (C=O) groups is 2. The van der Waals surface area contributed by atoms with E-state index in [2.05, 4.69) is 68.6 Å². The molecule has 0 saturated carbocycles. The van der Waals surface area contributed by atoms with E-state index in [1.54, 1.807) is 0 Å². The standard InChI is InChI=1S/C52H93NO5/c1-4-7-10-13-16-19-22-24-25-27-30-33-36-39-42-45-52(57)58-48(43-40-37-34-31-29-26-23-20-17-14-11-8-5-2)46-51(56)53-49(47-54)50(55)44-41-38-35-32-28-21-18-15-12-9-6-3/h7,10,13,16,19-20,22-25,48-50,54-55H,4-6,8-9,11-12,14-15,17-18,21,26-47H2,1-3H3,(H,53,56)/b10-7+,16-13+,22-19+,23-20-,25-24-. The monoisotopic (exact) mass is 812 g/mol. The first kappa shape index (κ1) is 55.6. The second kappa shape index (κ2) is 45.6. The maximum absolute atomic E-state index is 13.2. The number of allylic oxidation sites excluding steroid dienone is 10. The molecule has 0 rings (SSSR count). The van der Waals surface area contributed by atoms with E-state index in [9.17, 15) is 19.8 Å². The summed E-state index contributed by atoms with van der Waals surface area (Å²) in [5.74, 6) is -0.509. The Morgan fingerprint density at radius 2 is 0.948 bits per heavy atom. The van der Waals surface area contributed by atoms with E-state index in [1.165, 1.54) is 96.3 Å². The number of hydrogen-bond donors (Lipinski definition) is 3. The van der Waals surface area contributed by atoms with E-state index in [4.69, 9.17) is 4.74 Å². The van der Waals surface area contributed by atoms with Gasteiger partial charge in [0, 0.05) is 6.42 Å². The van der Waals surface area contributed by atoms with Crippen molar-refractivity contribution in [2.45, 2.75) is 251 Å². The van der Waals surface area contributed by atoms with Crippen molar-refractivity contribution >= 4 is 11.9 Å². The molecule has 0 fully saturated rings. The van der Waals surface area contributed by atoms with E-state index in [0.29, 0.717) is 19.3 Å². The minimum atomic E-state index is -0.794. The molecule has 0 aromatic heterocycles. The van der Waals surface area contributed by atoms with Crippen LogP contribution in [0.15, 0.2) is 60.8 Å². The molecule has 336 valence electrons. The molecule has 3 unspecified atom stereocenters. The first-order valence-corrected chi connectivity index (χ1v) is 24.6. The van der Waals surface area contributed by atoms with Crippen molar-refractivity contribution in [3.63, 3.8) is 0 Å². The molecule has 1 amide bonds. The molecule has 0 saturated heterocycles. The largest absolute Gasteiger partial charge is 0.462 e. The Morgan fingerprint density at radius 1 is 0.517 bits per heavy atom. The Labute approximate surface area is 358 Å². The summed E-state index contributed by atoms with van der Waals surface area (Å²) in [5, 5.41) is 23.7. The fraction of sp³-hybridized carbons (Fsp3) is 0.769. The molecular formula is C52H93NO5. The molecule has 6 nitrogen and oxygen atoms in total. The maximum atomic E-state index is 13.2. The zero-order chi connectivity index (χ0) is 42.4. The highest BCUT2D eigenvalue weighted by Crippen LogP contribution is 2.17. The third-order valence-corrected chi connectivity index (χ3v) is 10.9. The molecule has 6 heteroatoms. The summed E-state index contributed by atoms with van der Waals surface area (Å²) in [6.07, 6.45) is 55.6. The maximum Gasteiger partial charge on any atom is 0.306 e. The van der Waals surface area contributed by atoms with Crippen LogP contribution in [0.2, 0.25) is 0 Å². The van der Waals surface area contributed by atoms with Gasteiger partial charge in [-0.15, -0.1) is 0 Å². The Balaban J connectivity index is 4.65. The van der Waals surface area contributed by atoms with Gasteiger partial charge in [-0.05, 0) is 70.6 Å². The van der Waals surface area contributed by atoms with Gasteiger partial charge in [0.15, 0.2) is 0 Å². The molecule has 58 heavy (non-hydrogen) atoms. The minimum absolute atomic E-state index is 0.0609. The smallest absolute Gasteiger partial charge is 0.306 e. The van der Waals surface area contributed by atoms with Gasteiger partial charge in [-0.1, -0.05) is 210 Å². The van der Waals surface area contributed by atoms with E-state index in [-0.39, 0.29) is 24.9 Å². The summed E-state index contributed by atoms with van der Waals surface area (Å²) in [7, 11) is 0. The van der Waals surface area contributed by atoms with Crippen molar-refractivity contribution in [3.8, 4) is 0 Å². The predicted molar refractivity (Wildman–Crippen MR) is 250 cm³/mol.